The average molecular weight is 286 g/mol. The maximum absolute atomic E-state index is 11.7. The Morgan fingerprint density at radius 1 is 1.35 bits per heavy atom. The van der Waals surface area contributed by atoms with E-state index in [4.69, 9.17) is 9.84 Å². The minimum Gasteiger partial charge on any atom is -0.481 e. The first-order chi connectivity index (χ1) is 9.32. The zero-order valence-corrected chi connectivity index (χ0v) is 12.6. The van der Waals surface area contributed by atoms with Crippen LogP contribution in [0.15, 0.2) is 0 Å². The molecule has 0 aromatic rings. The first-order valence-electron chi connectivity index (χ1n) is 7.21. The maximum atomic E-state index is 11.7. The Morgan fingerprint density at radius 3 is 2.55 bits per heavy atom. The summed E-state index contributed by atoms with van der Waals surface area (Å²) in [6.45, 7) is 7.23. The number of rotatable bonds is 7. The van der Waals surface area contributed by atoms with Crippen LogP contribution in [-0.2, 0) is 9.53 Å². The second kappa shape index (κ2) is 7.47. The minimum absolute atomic E-state index is 0.150. The van der Waals surface area contributed by atoms with Crippen molar-refractivity contribution in [1.82, 2.24) is 10.6 Å². The summed E-state index contributed by atoms with van der Waals surface area (Å²) in [5, 5.41) is 14.5. The molecular formula is C14H26N2O4. The molecule has 20 heavy (non-hydrogen) atoms. The van der Waals surface area contributed by atoms with Gasteiger partial charge in [-0.3, -0.25) is 4.79 Å². The average Bonchev–Trinajstić information content (AvgIpc) is 2.79. The molecule has 1 heterocycles. The van der Waals surface area contributed by atoms with Gasteiger partial charge >= 0.3 is 12.0 Å². The number of urea groups is 1. The zero-order chi connectivity index (χ0) is 15.2. The fourth-order valence-electron chi connectivity index (χ4n) is 2.36. The second-order valence-corrected chi connectivity index (χ2v) is 6.13. The summed E-state index contributed by atoms with van der Waals surface area (Å²) >= 11 is 0. The van der Waals surface area contributed by atoms with Crippen LogP contribution in [0.4, 0.5) is 4.79 Å². The highest BCUT2D eigenvalue weighted by Gasteiger charge is 2.30. The summed E-state index contributed by atoms with van der Waals surface area (Å²) in [4.78, 5) is 22.8. The Morgan fingerprint density at radius 2 is 2.05 bits per heavy atom. The predicted molar refractivity (Wildman–Crippen MR) is 75.6 cm³/mol. The van der Waals surface area contributed by atoms with Crippen molar-refractivity contribution < 1.29 is 19.4 Å². The Balaban J connectivity index is 2.28. The Labute approximate surface area is 120 Å². The van der Waals surface area contributed by atoms with E-state index in [0.29, 0.717) is 13.0 Å². The lowest BCUT2D eigenvalue weighted by Crippen LogP contribution is -2.46. The van der Waals surface area contributed by atoms with Gasteiger partial charge in [-0.2, -0.15) is 0 Å². The molecule has 0 aromatic carbocycles. The molecule has 6 heteroatoms. The van der Waals surface area contributed by atoms with E-state index in [9.17, 15) is 9.59 Å². The largest absolute Gasteiger partial charge is 0.481 e. The predicted octanol–water partition coefficient (Wildman–Crippen LogP) is 1.60. The van der Waals surface area contributed by atoms with Crippen molar-refractivity contribution in [3.63, 3.8) is 0 Å². The summed E-state index contributed by atoms with van der Waals surface area (Å²) in [5.74, 6) is -1.13. The van der Waals surface area contributed by atoms with Crippen LogP contribution < -0.4 is 10.6 Å². The van der Waals surface area contributed by atoms with E-state index in [-0.39, 0.29) is 24.1 Å². The van der Waals surface area contributed by atoms with E-state index >= 15 is 0 Å². The third-order valence-electron chi connectivity index (χ3n) is 3.54. The summed E-state index contributed by atoms with van der Waals surface area (Å²) in [5.41, 5.74) is -0.290. The number of carbonyl (C=O) groups is 2. The molecule has 0 bridgehead atoms. The summed E-state index contributed by atoms with van der Waals surface area (Å²) in [7, 11) is 0. The number of carboxylic acids is 1. The van der Waals surface area contributed by atoms with E-state index < -0.39 is 11.9 Å². The monoisotopic (exact) mass is 286 g/mol. The van der Waals surface area contributed by atoms with Gasteiger partial charge in [-0.05, 0) is 32.1 Å². The van der Waals surface area contributed by atoms with E-state index in [1.807, 2.05) is 20.8 Å². The van der Waals surface area contributed by atoms with Crippen LogP contribution >= 0.6 is 0 Å². The molecule has 2 atom stereocenters. The van der Waals surface area contributed by atoms with Crippen molar-refractivity contribution in [2.45, 2.75) is 45.6 Å². The molecule has 0 spiro atoms. The summed E-state index contributed by atoms with van der Waals surface area (Å²) in [6.07, 6.45) is 2.49. The van der Waals surface area contributed by atoms with Crippen molar-refractivity contribution in [2.75, 3.05) is 19.7 Å². The molecule has 0 aliphatic carbocycles. The van der Waals surface area contributed by atoms with Gasteiger partial charge in [-0.25, -0.2) is 4.79 Å². The number of ether oxygens (including phenoxy) is 1. The van der Waals surface area contributed by atoms with Gasteiger partial charge in [0.15, 0.2) is 0 Å². The minimum atomic E-state index is -0.870. The van der Waals surface area contributed by atoms with E-state index in [0.717, 1.165) is 19.4 Å². The van der Waals surface area contributed by atoms with Crippen LogP contribution in [-0.4, -0.2) is 42.4 Å². The van der Waals surface area contributed by atoms with Crippen molar-refractivity contribution in [3.8, 4) is 0 Å². The maximum Gasteiger partial charge on any atom is 0.314 e. The van der Waals surface area contributed by atoms with Gasteiger partial charge in [-0.15, -0.1) is 0 Å². The fourth-order valence-corrected chi connectivity index (χ4v) is 2.36. The van der Waals surface area contributed by atoms with Gasteiger partial charge in [-0.1, -0.05) is 13.8 Å². The van der Waals surface area contributed by atoms with Crippen LogP contribution in [0.25, 0.3) is 0 Å². The number of carbonyl (C=O) groups excluding carboxylic acids is 1. The number of amides is 2. The summed E-state index contributed by atoms with van der Waals surface area (Å²) in [6, 6.07) is -0.336. The molecule has 116 valence electrons. The zero-order valence-electron chi connectivity index (χ0n) is 12.6. The molecule has 1 aliphatic heterocycles. The number of hydrogen-bond acceptors (Lipinski definition) is 3. The Kier molecular flexibility index (Phi) is 6.26. The van der Waals surface area contributed by atoms with Crippen molar-refractivity contribution in [1.29, 1.82) is 0 Å². The lowest BCUT2D eigenvalue weighted by atomic mass is 9.97. The van der Waals surface area contributed by atoms with Crippen LogP contribution in [0.1, 0.15) is 40.0 Å². The van der Waals surface area contributed by atoms with Gasteiger partial charge in [0.1, 0.15) is 0 Å². The van der Waals surface area contributed by atoms with Crippen molar-refractivity contribution >= 4 is 12.0 Å². The molecule has 0 radical (unpaired) electrons. The lowest BCUT2D eigenvalue weighted by Gasteiger charge is -2.23. The first-order valence-corrected chi connectivity index (χ1v) is 7.21. The molecule has 1 fully saturated rings. The van der Waals surface area contributed by atoms with Crippen LogP contribution in [0.5, 0.6) is 0 Å². The molecule has 6 nitrogen and oxygen atoms in total. The van der Waals surface area contributed by atoms with Crippen LogP contribution in [0.3, 0.4) is 0 Å². The standard InChI is InChI=1S/C14H26N2O4/c1-10(2)7-11(12(17)18)8-15-13(19)16-9-14(3)5-4-6-20-14/h10-11H,4-9H2,1-3H3,(H,17,18)(H2,15,16,19). The van der Waals surface area contributed by atoms with E-state index in [2.05, 4.69) is 10.6 Å². The highest BCUT2D eigenvalue weighted by atomic mass is 16.5. The molecule has 2 unspecified atom stereocenters. The molecule has 1 aliphatic rings. The number of aliphatic carboxylic acids is 1. The highest BCUT2D eigenvalue weighted by molar-refractivity contribution is 5.75. The van der Waals surface area contributed by atoms with Crippen molar-refractivity contribution in [2.24, 2.45) is 11.8 Å². The molecule has 0 saturated carbocycles. The second-order valence-electron chi connectivity index (χ2n) is 6.13. The third kappa shape index (κ3) is 5.77. The van der Waals surface area contributed by atoms with Crippen molar-refractivity contribution in [3.05, 3.63) is 0 Å². The number of hydrogen-bond donors (Lipinski definition) is 3. The normalized spacial score (nSPS) is 23.6. The molecule has 1 saturated heterocycles. The van der Waals surface area contributed by atoms with Gasteiger partial charge in [0.2, 0.25) is 0 Å². The third-order valence-corrected chi connectivity index (χ3v) is 3.54. The van der Waals surface area contributed by atoms with Gasteiger partial charge in [0.05, 0.1) is 11.5 Å². The Bertz CT molecular complexity index is 338. The topological polar surface area (TPSA) is 87.7 Å². The lowest BCUT2D eigenvalue weighted by molar-refractivity contribution is -0.142. The van der Waals surface area contributed by atoms with Gasteiger partial charge in [0.25, 0.3) is 0 Å². The molecule has 3 N–H and O–H groups in total. The molecule has 1 rings (SSSR count). The summed E-state index contributed by atoms with van der Waals surface area (Å²) < 4.78 is 5.57. The van der Waals surface area contributed by atoms with Crippen LogP contribution in [0, 0.1) is 11.8 Å². The molecule has 2 amide bonds. The van der Waals surface area contributed by atoms with Crippen LogP contribution in [0.2, 0.25) is 0 Å². The van der Waals surface area contributed by atoms with E-state index in [1.54, 1.807) is 0 Å². The first kappa shape index (κ1) is 16.8. The van der Waals surface area contributed by atoms with Gasteiger partial charge < -0.3 is 20.5 Å². The SMILES string of the molecule is CC(C)CC(CNC(=O)NCC1(C)CCCO1)C(=O)O. The molecular weight excluding hydrogens is 260 g/mol. The Hall–Kier alpha value is -1.30. The van der Waals surface area contributed by atoms with E-state index in [1.165, 1.54) is 0 Å². The quantitative estimate of drug-likeness (QED) is 0.663. The van der Waals surface area contributed by atoms with Gasteiger partial charge in [0, 0.05) is 19.7 Å². The highest BCUT2D eigenvalue weighted by Crippen LogP contribution is 2.23. The number of nitrogens with one attached hydrogen (secondary N) is 2. The fraction of sp³-hybridized carbons (Fsp3) is 0.857. The number of carboxylic acid groups (broad SMARTS) is 1. The smallest absolute Gasteiger partial charge is 0.314 e. The molecule has 0 aromatic heterocycles.